The second-order valence-electron chi connectivity index (χ2n) is 5.17. The van der Waals surface area contributed by atoms with Gasteiger partial charge in [0.1, 0.15) is 5.69 Å². The van der Waals surface area contributed by atoms with Crippen LogP contribution in [0.5, 0.6) is 0 Å². The first kappa shape index (κ1) is 13.7. The van der Waals surface area contributed by atoms with Crippen molar-refractivity contribution in [3.63, 3.8) is 0 Å². The molecule has 0 aromatic heterocycles. The maximum Gasteiger partial charge on any atom is 0.151 e. The van der Waals surface area contributed by atoms with E-state index in [1.165, 1.54) is 0 Å². The number of nitrogen functional groups attached to an aromatic ring is 1. The molecule has 0 aliphatic heterocycles. The number of halogens is 2. The van der Waals surface area contributed by atoms with Gasteiger partial charge in [-0.05, 0) is 39.8 Å². The first-order valence-electron chi connectivity index (χ1n) is 5.29. The lowest BCUT2D eigenvalue weighted by Gasteiger charge is -2.39. The van der Waals surface area contributed by atoms with E-state index in [9.17, 15) is 13.9 Å². The molecule has 0 fully saturated rings. The predicted molar refractivity (Wildman–Crippen MR) is 64.8 cm³/mol. The van der Waals surface area contributed by atoms with Crippen molar-refractivity contribution in [1.82, 2.24) is 0 Å². The molecule has 0 aliphatic carbocycles. The van der Waals surface area contributed by atoms with Crippen LogP contribution in [0, 0.1) is 11.6 Å². The predicted octanol–water partition coefficient (Wildman–Crippen LogP) is 2.51. The van der Waals surface area contributed by atoms with Crippen LogP contribution in [0.2, 0.25) is 0 Å². The molecule has 17 heavy (non-hydrogen) atoms. The van der Waals surface area contributed by atoms with Crippen LogP contribution >= 0.6 is 0 Å². The summed E-state index contributed by atoms with van der Waals surface area (Å²) in [4.78, 5) is 0. The van der Waals surface area contributed by atoms with Crippen molar-refractivity contribution >= 4 is 11.4 Å². The minimum Gasteiger partial charge on any atom is -0.399 e. The average molecular weight is 244 g/mol. The molecule has 1 rings (SSSR count). The number of benzene rings is 1. The summed E-state index contributed by atoms with van der Waals surface area (Å²) in [6.45, 7) is 6.44. The fraction of sp³-hybridized carbons (Fsp3) is 0.500. The molecule has 0 unspecified atom stereocenters. The van der Waals surface area contributed by atoms with Crippen molar-refractivity contribution < 1.29 is 13.9 Å². The van der Waals surface area contributed by atoms with E-state index in [-0.39, 0.29) is 11.4 Å². The van der Waals surface area contributed by atoms with Gasteiger partial charge in [0.05, 0.1) is 11.1 Å². The van der Waals surface area contributed by atoms with Gasteiger partial charge < -0.3 is 16.2 Å². The largest absolute Gasteiger partial charge is 0.399 e. The molecule has 5 heteroatoms. The van der Waals surface area contributed by atoms with Crippen molar-refractivity contribution in [2.45, 2.75) is 38.8 Å². The molecule has 0 spiro atoms. The zero-order valence-electron chi connectivity index (χ0n) is 10.4. The summed E-state index contributed by atoms with van der Waals surface area (Å²) in [6, 6.07) is 2.07. The Kier molecular flexibility index (Phi) is 3.34. The van der Waals surface area contributed by atoms with Gasteiger partial charge in [-0.3, -0.25) is 0 Å². The number of nitrogens with one attached hydrogen (secondary N) is 1. The second kappa shape index (κ2) is 4.14. The SMILES string of the molecule is CC(C)(O)C(C)(C)Nc1c(F)cc(N)cc1F. The minimum atomic E-state index is -1.15. The lowest BCUT2D eigenvalue weighted by Crippen LogP contribution is -2.51. The molecule has 4 N–H and O–H groups in total. The number of hydrogen-bond donors (Lipinski definition) is 3. The summed E-state index contributed by atoms with van der Waals surface area (Å²) < 4.78 is 27.1. The molecule has 3 nitrogen and oxygen atoms in total. The summed E-state index contributed by atoms with van der Waals surface area (Å²) in [7, 11) is 0. The zero-order valence-corrected chi connectivity index (χ0v) is 10.4. The third-order valence-electron chi connectivity index (χ3n) is 3.03. The van der Waals surface area contributed by atoms with E-state index in [0.29, 0.717) is 0 Å². The van der Waals surface area contributed by atoms with Gasteiger partial charge in [0, 0.05) is 5.69 Å². The molecule has 0 bridgehead atoms. The van der Waals surface area contributed by atoms with E-state index < -0.39 is 22.8 Å². The molecule has 0 amide bonds. The van der Waals surface area contributed by atoms with Gasteiger partial charge in [0.25, 0.3) is 0 Å². The molecular formula is C12H18F2N2O. The van der Waals surface area contributed by atoms with Gasteiger partial charge >= 0.3 is 0 Å². The zero-order chi connectivity index (χ0) is 13.4. The number of anilines is 2. The molecule has 0 aliphatic rings. The van der Waals surface area contributed by atoms with Crippen molar-refractivity contribution in [3.8, 4) is 0 Å². The fourth-order valence-corrected chi connectivity index (χ4v) is 1.18. The fourth-order valence-electron chi connectivity index (χ4n) is 1.18. The van der Waals surface area contributed by atoms with Gasteiger partial charge in [-0.15, -0.1) is 0 Å². The Balaban J connectivity index is 3.13. The monoisotopic (exact) mass is 244 g/mol. The van der Waals surface area contributed by atoms with Crippen LogP contribution < -0.4 is 11.1 Å². The van der Waals surface area contributed by atoms with E-state index in [2.05, 4.69) is 5.32 Å². The van der Waals surface area contributed by atoms with E-state index in [0.717, 1.165) is 12.1 Å². The van der Waals surface area contributed by atoms with Crippen molar-refractivity contribution in [2.24, 2.45) is 0 Å². The minimum absolute atomic E-state index is 0.0200. The van der Waals surface area contributed by atoms with Gasteiger partial charge in [0.15, 0.2) is 11.6 Å². The number of hydrogen-bond acceptors (Lipinski definition) is 3. The van der Waals surface area contributed by atoms with E-state index in [1.807, 2.05) is 0 Å². The van der Waals surface area contributed by atoms with E-state index in [4.69, 9.17) is 5.73 Å². The maximum atomic E-state index is 13.6. The molecule has 0 saturated heterocycles. The van der Waals surface area contributed by atoms with Crippen molar-refractivity contribution in [1.29, 1.82) is 0 Å². The van der Waals surface area contributed by atoms with Gasteiger partial charge in [0.2, 0.25) is 0 Å². The number of rotatable bonds is 3. The molecule has 0 saturated carbocycles. The highest BCUT2D eigenvalue weighted by atomic mass is 19.1. The maximum absolute atomic E-state index is 13.6. The first-order chi connectivity index (χ1) is 7.54. The van der Waals surface area contributed by atoms with Crippen LogP contribution in [0.4, 0.5) is 20.2 Å². The molecule has 96 valence electrons. The Hall–Kier alpha value is -1.36. The van der Waals surface area contributed by atoms with E-state index in [1.54, 1.807) is 27.7 Å². The third-order valence-corrected chi connectivity index (χ3v) is 3.03. The summed E-state index contributed by atoms with van der Waals surface area (Å²) in [6.07, 6.45) is 0. The Morgan fingerprint density at radius 2 is 1.53 bits per heavy atom. The van der Waals surface area contributed by atoms with Crippen LogP contribution in [0.25, 0.3) is 0 Å². The van der Waals surface area contributed by atoms with Crippen LogP contribution in [-0.4, -0.2) is 16.2 Å². The molecule has 0 heterocycles. The highest BCUT2D eigenvalue weighted by Gasteiger charge is 2.36. The first-order valence-corrected chi connectivity index (χ1v) is 5.29. The Labute approximate surface area is 99.6 Å². The second-order valence-corrected chi connectivity index (χ2v) is 5.17. The standard InChI is InChI=1S/C12H18F2N2O/c1-11(2,12(3,4)17)16-10-8(13)5-7(15)6-9(10)14/h5-6,16-17H,15H2,1-4H3. The molecule has 0 radical (unpaired) electrons. The normalized spacial score (nSPS) is 12.6. The van der Waals surface area contributed by atoms with Crippen LogP contribution in [0.15, 0.2) is 12.1 Å². The van der Waals surface area contributed by atoms with Gasteiger partial charge in [-0.2, -0.15) is 0 Å². The van der Waals surface area contributed by atoms with Gasteiger partial charge in [-0.25, -0.2) is 8.78 Å². The Bertz CT molecular complexity index is 402. The highest BCUT2D eigenvalue weighted by Crippen LogP contribution is 2.30. The van der Waals surface area contributed by atoms with Crippen LogP contribution in [0.1, 0.15) is 27.7 Å². The summed E-state index contributed by atoms with van der Waals surface area (Å²) in [5.74, 6) is -1.56. The van der Waals surface area contributed by atoms with Crippen molar-refractivity contribution in [2.75, 3.05) is 11.1 Å². The lowest BCUT2D eigenvalue weighted by molar-refractivity contribution is 0.0238. The summed E-state index contributed by atoms with van der Waals surface area (Å²) in [5, 5.41) is 12.6. The Morgan fingerprint density at radius 1 is 1.12 bits per heavy atom. The summed E-state index contributed by atoms with van der Waals surface area (Å²) in [5.41, 5.74) is 3.01. The molecule has 1 aromatic carbocycles. The van der Waals surface area contributed by atoms with Crippen molar-refractivity contribution in [3.05, 3.63) is 23.8 Å². The third kappa shape index (κ3) is 2.85. The smallest absolute Gasteiger partial charge is 0.151 e. The molecular weight excluding hydrogens is 226 g/mol. The van der Waals surface area contributed by atoms with Gasteiger partial charge in [-0.1, -0.05) is 0 Å². The molecule has 0 atom stereocenters. The Morgan fingerprint density at radius 3 is 1.88 bits per heavy atom. The topological polar surface area (TPSA) is 58.3 Å². The van der Waals surface area contributed by atoms with E-state index >= 15 is 0 Å². The number of nitrogens with two attached hydrogens (primary N) is 1. The average Bonchev–Trinajstić information content (AvgIpc) is 2.09. The van der Waals surface area contributed by atoms with Crippen LogP contribution in [0.3, 0.4) is 0 Å². The quantitative estimate of drug-likeness (QED) is 0.716. The summed E-state index contributed by atoms with van der Waals surface area (Å²) >= 11 is 0. The molecule has 1 aromatic rings. The highest BCUT2D eigenvalue weighted by molar-refractivity contribution is 5.55. The van der Waals surface area contributed by atoms with Crippen LogP contribution in [-0.2, 0) is 0 Å². The lowest BCUT2D eigenvalue weighted by atomic mass is 9.85. The number of aliphatic hydroxyl groups is 1.